The first-order chi connectivity index (χ1) is 12.7. The number of ether oxygens (including phenoxy) is 2. The lowest BCUT2D eigenvalue weighted by Crippen LogP contribution is -2.22. The number of amides is 1. The first kappa shape index (κ1) is 18.1. The van der Waals surface area contributed by atoms with Gasteiger partial charge in [0.15, 0.2) is 0 Å². The number of anilines is 2. The number of hydrogen-bond donors (Lipinski definition) is 2. The number of carbonyl (C=O) groups is 1. The molecule has 0 aromatic heterocycles. The predicted molar refractivity (Wildman–Crippen MR) is 104 cm³/mol. The van der Waals surface area contributed by atoms with Gasteiger partial charge in [0.2, 0.25) is 0 Å². The lowest BCUT2D eigenvalue weighted by molar-refractivity contribution is 0.102. The lowest BCUT2D eigenvalue weighted by atomic mass is 9.95. The Hall–Kier alpha value is -2.69. The van der Waals surface area contributed by atoms with E-state index in [1.165, 1.54) is 32.1 Å². The molecule has 0 aliphatic heterocycles. The van der Waals surface area contributed by atoms with E-state index in [1.54, 1.807) is 32.4 Å². The van der Waals surface area contributed by atoms with Gasteiger partial charge in [-0.1, -0.05) is 19.3 Å². The zero-order valence-corrected chi connectivity index (χ0v) is 15.4. The van der Waals surface area contributed by atoms with Gasteiger partial charge in [0, 0.05) is 29.0 Å². The van der Waals surface area contributed by atoms with Gasteiger partial charge in [-0.25, -0.2) is 0 Å². The van der Waals surface area contributed by atoms with Crippen molar-refractivity contribution in [3.05, 3.63) is 48.0 Å². The van der Waals surface area contributed by atoms with Crippen molar-refractivity contribution in [2.24, 2.45) is 0 Å². The standard InChI is InChI=1S/C21H26N2O3/c1-25-19-12-15(13-20(14-19)26-2)21(24)23-18-10-8-17(9-11-18)22-16-6-4-3-5-7-16/h8-14,16,22H,3-7H2,1-2H3,(H,23,24). The molecule has 5 heteroatoms. The van der Waals surface area contributed by atoms with Crippen LogP contribution in [0.1, 0.15) is 42.5 Å². The Kier molecular flexibility index (Phi) is 6.00. The summed E-state index contributed by atoms with van der Waals surface area (Å²) in [5.74, 6) is 0.971. The van der Waals surface area contributed by atoms with Crippen molar-refractivity contribution >= 4 is 17.3 Å². The van der Waals surface area contributed by atoms with Gasteiger partial charge in [-0.15, -0.1) is 0 Å². The highest BCUT2D eigenvalue weighted by Gasteiger charge is 2.13. The summed E-state index contributed by atoms with van der Waals surface area (Å²) in [6.45, 7) is 0. The summed E-state index contributed by atoms with van der Waals surface area (Å²) >= 11 is 0. The van der Waals surface area contributed by atoms with Gasteiger partial charge in [-0.2, -0.15) is 0 Å². The summed E-state index contributed by atoms with van der Waals surface area (Å²) in [5, 5.41) is 6.49. The molecule has 1 aliphatic carbocycles. The molecule has 2 aromatic carbocycles. The molecule has 138 valence electrons. The fourth-order valence-corrected chi connectivity index (χ4v) is 3.27. The third-order valence-electron chi connectivity index (χ3n) is 4.73. The lowest BCUT2D eigenvalue weighted by Gasteiger charge is -2.23. The molecule has 0 bridgehead atoms. The predicted octanol–water partition coefficient (Wildman–Crippen LogP) is 4.70. The van der Waals surface area contributed by atoms with Crippen LogP contribution in [0.25, 0.3) is 0 Å². The summed E-state index contributed by atoms with van der Waals surface area (Å²) in [4.78, 5) is 12.5. The van der Waals surface area contributed by atoms with Crippen molar-refractivity contribution in [2.75, 3.05) is 24.9 Å². The first-order valence-electron chi connectivity index (χ1n) is 9.09. The van der Waals surface area contributed by atoms with Gasteiger partial charge in [-0.3, -0.25) is 4.79 Å². The Balaban J connectivity index is 1.64. The minimum Gasteiger partial charge on any atom is -0.497 e. The zero-order chi connectivity index (χ0) is 18.4. The molecular formula is C21H26N2O3. The van der Waals surface area contributed by atoms with Gasteiger partial charge in [-0.05, 0) is 49.2 Å². The van der Waals surface area contributed by atoms with E-state index in [0.29, 0.717) is 23.1 Å². The second-order valence-electron chi connectivity index (χ2n) is 6.61. The van der Waals surface area contributed by atoms with Crippen molar-refractivity contribution in [3.63, 3.8) is 0 Å². The molecule has 0 spiro atoms. The third-order valence-corrected chi connectivity index (χ3v) is 4.73. The van der Waals surface area contributed by atoms with E-state index < -0.39 is 0 Å². The van der Waals surface area contributed by atoms with Gasteiger partial charge in [0.1, 0.15) is 11.5 Å². The molecule has 1 amide bonds. The maximum Gasteiger partial charge on any atom is 0.255 e. The Morgan fingerprint density at radius 2 is 1.46 bits per heavy atom. The molecule has 1 fully saturated rings. The largest absolute Gasteiger partial charge is 0.497 e. The summed E-state index contributed by atoms with van der Waals surface area (Å²) < 4.78 is 10.4. The van der Waals surface area contributed by atoms with Gasteiger partial charge in [0.05, 0.1) is 14.2 Å². The van der Waals surface area contributed by atoms with Crippen molar-refractivity contribution in [3.8, 4) is 11.5 Å². The van der Waals surface area contributed by atoms with Crippen molar-refractivity contribution in [1.29, 1.82) is 0 Å². The Morgan fingerprint density at radius 3 is 2.04 bits per heavy atom. The number of rotatable bonds is 6. The van der Waals surface area contributed by atoms with E-state index in [2.05, 4.69) is 10.6 Å². The van der Waals surface area contributed by atoms with Crippen LogP contribution in [0.15, 0.2) is 42.5 Å². The van der Waals surface area contributed by atoms with Crippen LogP contribution in [-0.4, -0.2) is 26.2 Å². The van der Waals surface area contributed by atoms with Gasteiger partial charge >= 0.3 is 0 Å². The van der Waals surface area contributed by atoms with Crippen LogP contribution in [0.4, 0.5) is 11.4 Å². The Labute approximate surface area is 154 Å². The van der Waals surface area contributed by atoms with Crippen LogP contribution in [0, 0.1) is 0 Å². The second-order valence-corrected chi connectivity index (χ2v) is 6.61. The van der Waals surface area contributed by atoms with E-state index in [9.17, 15) is 4.79 Å². The number of carbonyl (C=O) groups excluding carboxylic acids is 1. The highest BCUT2D eigenvalue weighted by molar-refractivity contribution is 6.04. The molecule has 2 N–H and O–H groups in total. The smallest absolute Gasteiger partial charge is 0.255 e. The normalized spacial score (nSPS) is 14.5. The average molecular weight is 354 g/mol. The molecule has 0 atom stereocenters. The highest BCUT2D eigenvalue weighted by atomic mass is 16.5. The molecule has 26 heavy (non-hydrogen) atoms. The minimum absolute atomic E-state index is 0.199. The summed E-state index contributed by atoms with van der Waals surface area (Å²) in [5.41, 5.74) is 2.34. The van der Waals surface area contributed by atoms with Crippen molar-refractivity contribution < 1.29 is 14.3 Å². The van der Waals surface area contributed by atoms with Crippen molar-refractivity contribution in [1.82, 2.24) is 0 Å². The SMILES string of the molecule is COc1cc(OC)cc(C(=O)Nc2ccc(NC3CCCCC3)cc2)c1. The van der Waals surface area contributed by atoms with Crippen LogP contribution < -0.4 is 20.1 Å². The molecule has 0 radical (unpaired) electrons. The fourth-order valence-electron chi connectivity index (χ4n) is 3.27. The van der Waals surface area contributed by atoms with Crippen LogP contribution >= 0.6 is 0 Å². The minimum atomic E-state index is -0.199. The zero-order valence-electron chi connectivity index (χ0n) is 15.4. The fraction of sp³-hybridized carbons (Fsp3) is 0.381. The molecule has 5 nitrogen and oxygen atoms in total. The third kappa shape index (κ3) is 4.69. The number of benzene rings is 2. The van der Waals surface area contributed by atoms with E-state index in [0.717, 1.165) is 11.4 Å². The molecule has 0 saturated heterocycles. The molecule has 3 rings (SSSR count). The summed E-state index contributed by atoms with van der Waals surface area (Å²) in [6, 6.07) is 13.5. The van der Waals surface area contributed by atoms with E-state index in [1.807, 2.05) is 24.3 Å². The number of hydrogen-bond acceptors (Lipinski definition) is 4. The molecule has 2 aromatic rings. The second kappa shape index (κ2) is 8.61. The quantitative estimate of drug-likeness (QED) is 0.789. The number of nitrogens with one attached hydrogen (secondary N) is 2. The van der Waals surface area contributed by atoms with Gasteiger partial charge < -0.3 is 20.1 Å². The molecular weight excluding hydrogens is 328 g/mol. The molecule has 0 heterocycles. The Bertz CT molecular complexity index is 715. The van der Waals surface area contributed by atoms with E-state index >= 15 is 0 Å². The molecule has 1 saturated carbocycles. The Morgan fingerprint density at radius 1 is 0.885 bits per heavy atom. The van der Waals surface area contributed by atoms with E-state index in [4.69, 9.17) is 9.47 Å². The van der Waals surface area contributed by atoms with Crippen molar-refractivity contribution in [2.45, 2.75) is 38.1 Å². The van der Waals surface area contributed by atoms with Crippen LogP contribution in [0.3, 0.4) is 0 Å². The molecule has 1 aliphatic rings. The van der Waals surface area contributed by atoms with Crippen LogP contribution in [-0.2, 0) is 0 Å². The van der Waals surface area contributed by atoms with E-state index in [-0.39, 0.29) is 5.91 Å². The topological polar surface area (TPSA) is 59.6 Å². The van der Waals surface area contributed by atoms with Crippen LogP contribution in [0.5, 0.6) is 11.5 Å². The number of methoxy groups -OCH3 is 2. The van der Waals surface area contributed by atoms with Crippen LogP contribution in [0.2, 0.25) is 0 Å². The maximum atomic E-state index is 12.5. The molecule has 0 unspecified atom stereocenters. The monoisotopic (exact) mass is 354 g/mol. The summed E-state index contributed by atoms with van der Waals surface area (Å²) in [6.07, 6.45) is 6.41. The highest BCUT2D eigenvalue weighted by Crippen LogP contribution is 2.25. The maximum absolute atomic E-state index is 12.5. The average Bonchev–Trinajstić information content (AvgIpc) is 2.69. The van der Waals surface area contributed by atoms with Gasteiger partial charge in [0.25, 0.3) is 5.91 Å². The summed E-state index contributed by atoms with van der Waals surface area (Å²) in [7, 11) is 3.13. The first-order valence-corrected chi connectivity index (χ1v) is 9.09.